The SMILES string of the molecule is Cc1cccc(C(C)(O)C#Cc2cncc(C(O)(c3ccc(C(C)C)cc3)C3(C)CNC3)c2)n1. The van der Waals surface area contributed by atoms with Crippen molar-refractivity contribution in [2.75, 3.05) is 13.1 Å². The van der Waals surface area contributed by atoms with E-state index in [-0.39, 0.29) is 0 Å². The number of pyridine rings is 2. The Labute approximate surface area is 202 Å². The highest BCUT2D eigenvalue weighted by atomic mass is 16.3. The largest absolute Gasteiger partial charge is 0.380 e. The molecule has 34 heavy (non-hydrogen) atoms. The molecule has 1 aliphatic rings. The van der Waals surface area contributed by atoms with Gasteiger partial charge in [-0.2, -0.15) is 0 Å². The van der Waals surface area contributed by atoms with Crippen LogP contribution in [0.15, 0.2) is 60.9 Å². The molecule has 3 heterocycles. The van der Waals surface area contributed by atoms with Gasteiger partial charge in [0.1, 0.15) is 5.60 Å². The summed E-state index contributed by atoms with van der Waals surface area (Å²) in [6, 6.07) is 15.6. The summed E-state index contributed by atoms with van der Waals surface area (Å²) in [6.07, 6.45) is 3.37. The number of aliphatic hydroxyl groups is 2. The molecular weight excluding hydrogens is 422 g/mol. The Morgan fingerprint density at radius 1 is 1.03 bits per heavy atom. The highest BCUT2D eigenvalue weighted by molar-refractivity contribution is 5.45. The van der Waals surface area contributed by atoms with Crippen molar-refractivity contribution in [3.63, 3.8) is 0 Å². The van der Waals surface area contributed by atoms with Gasteiger partial charge < -0.3 is 15.5 Å². The maximum Gasteiger partial charge on any atom is 0.165 e. The highest BCUT2D eigenvalue weighted by Gasteiger charge is 2.53. The molecule has 5 nitrogen and oxygen atoms in total. The lowest BCUT2D eigenvalue weighted by atomic mass is 9.63. The third-order valence-corrected chi connectivity index (χ3v) is 6.89. The second kappa shape index (κ2) is 8.96. The van der Waals surface area contributed by atoms with Gasteiger partial charge in [-0.3, -0.25) is 9.97 Å². The van der Waals surface area contributed by atoms with Gasteiger partial charge in [0.15, 0.2) is 5.60 Å². The summed E-state index contributed by atoms with van der Waals surface area (Å²) >= 11 is 0. The Bertz CT molecular complexity index is 1230. The second-order valence-corrected chi connectivity index (χ2v) is 10.1. The van der Waals surface area contributed by atoms with E-state index in [1.807, 2.05) is 37.3 Å². The fourth-order valence-electron chi connectivity index (χ4n) is 4.51. The summed E-state index contributed by atoms with van der Waals surface area (Å²) in [4.78, 5) is 8.81. The van der Waals surface area contributed by atoms with Crippen molar-refractivity contribution in [3.8, 4) is 11.8 Å². The van der Waals surface area contributed by atoms with Crippen LogP contribution in [0.5, 0.6) is 0 Å². The fourth-order valence-corrected chi connectivity index (χ4v) is 4.51. The summed E-state index contributed by atoms with van der Waals surface area (Å²) in [7, 11) is 0. The maximum atomic E-state index is 12.2. The monoisotopic (exact) mass is 455 g/mol. The summed E-state index contributed by atoms with van der Waals surface area (Å²) in [5.41, 5.74) is 1.66. The van der Waals surface area contributed by atoms with Crippen LogP contribution in [0.2, 0.25) is 0 Å². The van der Waals surface area contributed by atoms with E-state index in [1.54, 1.807) is 25.4 Å². The van der Waals surface area contributed by atoms with Gasteiger partial charge in [-0.1, -0.05) is 62.9 Å². The average molecular weight is 456 g/mol. The Balaban J connectivity index is 1.74. The van der Waals surface area contributed by atoms with Crippen LogP contribution in [-0.4, -0.2) is 33.3 Å². The van der Waals surface area contributed by atoms with Crippen LogP contribution in [0.1, 0.15) is 67.3 Å². The minimum Gasteiger partial charge on any atom is -0.380 e. The third-order valence-electron chi connectivity index (χ3n) is 6.89. The number of hydrogen-bond donors (Lipinski definition) is 3. The topological polar surface area (TPSA) is 78.3 Å². The summed E-state index contributed by atoms with van der Waals surface area (Å²) in [5.74, 6) is 6.40. The molecule has 0 spiro atoms. The molecule has 1 fully saturated rings. The minimum atomic E-state index is -1.41. The van der Waals surface area contributed by atoms with Crippen LogP contribution >= 0.6 is 0 Å². The predicted octanol–water partition coefficient (Wildman–Crippen LogP) is 4.01. The van der Waals surface area contributed by atoms with Crippen molar-refractivity contribution in [1.82, 2.24) is 15.3 Å². The molecule has 2 unspecified atom stereocenters. The van der Waals surface area contributed by atoms with Gasteiger partial charge in [-0.15, -0.1) is 0 Å². The van der Waals surface area contributed by atoms with Gasteiger partial charge in [0.05, 0.1) is 5.69 Å². The Kier molecular flexibility index (Phi) is 6.35. The van der Waals surface area contributed by atoms with Gasteiger partial charge in [-0.05, 0) is 49.1 Å². The first-order valence-corrected chi connectivity index (χ1v) is 11.7. The lowest BCUT2D eigenvalue weighted by Crippen LogP contribution is -2.63. The quantitative estimate of drug-likeness (QED) is 0.507. The molecule has 0 aliphatic carbocycles. The Hall–Kier alpha value is -3.04. The average Bonchev–Trinajstić information content (AvgIpc) is 2.81. The normalized spacial score (nSPS) is 18.2. The van der Waals surface area contributed by atoms with Gasteiger partial charge in [-0.25, -0.2) is 0 Å². The van der Waals surface area contributed by atoms with Crippen LogP contribution in [-0.2, 0) is 11.2 Å². The molecule has 1 aromatic carbocycles. The Morgan fingerprint density at radius 2 is 1.74 bits per heavy atom. The van der Waals surface area contributed by atoms with E-state index >= 15 is 0 Å². The van der Waals surface area contributed by atoms with Crippen LogP contribution in [0.25, 0.3) is 0 Å². The Morgan fingerprint density at radius 3 is 2.32 bits per heavy atom. The van der Waals surface area contributed by atoms with Crippen molar-refractivity contribution in [3.05, 3.63) is 94.6 Å². The molecule has 0 bridgehead atoms. The van der Waals surface area contributed by atoms with Crippen molar-refractivity contribution >= 4 is 0 Å². The van der Waals surface area contributed by atoms with Gasteiger partial charge >= 0.3 is 0 Å². The van der Waals surface area contributed by atoms with Crippen LogP contribution in [0.3, 0.4) is 0 Å². The van der Waals surface area contributed by atoms with Crippen LogP contribution < -0.4 is 5.32 Å². The molecule has 1 aliphatic heterocycles. The smallest absolute Gasteiger partial charge is 0.165 e. The lowest BCUT2D eigenvalue weighted by Gasteiger charge is -2.52. The molecule has 4 rings (SSSR count). The molecule has 2 atom stereocenters. The zero-order chi connectivity index (χ0) is 24.6. The van der Waals surface area contributed by atoms with Gasteiger partial charge in [0.25, 0.3) is 0 Å². The standard InChI is InChI=1S/C29H33N3O2/c1-20(2)23-9-11-24(12-10-23)29(34,27(4)18-31-19-27)25-15-22(16-30-17-25)13-14-28(5,33)26-8-6-7-21(3)32-26/h6-12,15-17,20,31,33-34H,18-19H2,1-5H3. The maximum absolute atomic E-state index is 12.2. The van der Waals surface area contributed by atoms with E-state index in [0.29, 0.717) is 35.8 Å². The molecule has 3 N–H and O–H groups in total. The summed E-state index contributed by atoms with van der Waals surface area (Å²) in [6.45, 7) is 11.3. The minimum absolute atomic E-state index is 0.392. The zero-order valence-electron chi connectivity index (χ0n) is 20.6. The van der Waals surface area contributed by atoms with Crippen molar-refractivity contribution in [2.24, 2.45) is 5.41 Å². The molecule has 5 heteroatoms. The zero-order valence-corrected chi connectivity index (χ0v) is 20.6. The number of aryl methyl sites for hydroxylation is 1. The van der Waals surface area contributed by atoms with Crippen molar-refractivity contribution in [2.45, 2.75) is 51.7 Å². The van der Waals surface area contributed by atoms with E-state index in [0.717, 1.165) is 11.3 Å². The van der Waals surface area contributed by atoms with E-state index < -0.39 is 16.6 Å². The number of nitrogens with one attached hydrogen (secondary N) is 1. The molecule has 0 saturated carbocycles. The lowest BCUT2D eigenvalue weighted by molar-refractivity contribution is -0.0769. The molecule has 3 aromatic rings. The van der Waals surface area contributed by atoms with E-state index in [9.17, 15) is 10.2 Å². The molecule has 0 radical (unpaired) electrons. The van der Waals surface area contributed by atoms with Crippen LogP contribution in [0, 0.1) is 24.2 Å². The number of aromatic nitrogens is 2. The van der Waals surface area contributed by atoms with E-state index in [2.05, 4.69) is 60.0 Å². The summed E-state index contributed by atoms with van der Waals surface area (Å²) < 4.78 is 0. The van der Waals surface area contributed by atoms with Crippen LogP contribution in [0.4, 0.5) is 0 Å². The molecule has 1 saturated heterocycles. The van der Waals surface area contributed by atoms with E-state index in [1.165, 1.54) is 5.56 Å². The highest BCUT2D eigenvalue weighted by Crippen LogP contribution is 2.47. The molecule has 0 amide bonds. The second-order valence-electron chi connectivity index (χ2n) is 10.1. The number of hydrogen-bond acceptors (Lipinski definition) is 5. The third kappa shape index (κ3) is 4.37. The molecule has 176 valence electrons. The summed E-state index contributed by atoms with van der Waals surface area (Å²) in [5, 5.41) is 26.5. The molecule has 2 aromatic heterocycles. The van der Waals surface area contributed by atoms with E-state index in [4.69, 9.17) is 0 Å². The predicted molar refractivity (Wildman–Crippen MR) is 134 cm³/mol. The first kappa shape index (κ1) is 24.1. The number of nitrogens with zero attached hydrogens (tertiary/aromatic N) is 2. The number of benzene rings is 1. The first-order chi connectivity index (χ1) is 16.0. The van der Waals surface area contributed by atoms with Gasteiger partial charge in [0.2, 0.25) is 0 Å². The van der Waals surface area contributed by atoms with Crippen molar-refractivity contribution in [1.29, 1.82) is 0 Å². The first-order valence-electron chi connectivity index (χ1n) is 11.7. The molecular formula is C29H33N3O2. The van der Waals surface area contributed by atoms with Crippen molar-refractivity contribution < 1.29 is 10.2 Å². The fraction of sp³-hybridized carbons (Fsp3) is 0.379. The number of rotatable bonds is 5. The van der Waals surface area contributed by atoms with Gasteiger partial charge in [0, 0.05) is 47.7 Å².